The quantitative estimate of drug-likeness (QED) is 0.942. The van der Waals surface area contributed by atoms with Gasteiger partial charge in [0.25, 0.3) is 0 Å². The lowest BCUT2D eigenvalue weighted by atomic mass is 10.1. The first-order chi connectivity index (χ1) is 10.1. The number of ether oxygens (including phenoxy) is 2. The maximum absolute atomic E-state index is 6.30. The number of aromatic nitrogens is 2. The molecule has 1 unspecified atom stereocenters. The average molecular weight is 306 g/mol. The van der Waals surface area contributed by atoms with Crippen LogP contribution < -0.4 is 14.8 Å². The summed E-state index contributed by atoms with van der Waals surface area (Å²) in [5, 5.41) is 3.94. The SMILES string of the molecule is Cc1nccnc1C(C)Nc1cc2c(cc1Cl)OCCO2. The highest BCUT2D eigenvalue weighted by Crippen LogP contribution is 2.39. The van der Waals surface area contributed by atoms with Gasteiger partial charge in [-0.25, -0.2) is 0 Å². The molecule has 2 aromatic rings. The summed E-state index contributed by atoms with van der Waals surface area (Å²) in [5.41, 5.74) is 2.58. The molecule has 0 saturated heterocycles. The standard InChI is InChI=1S/C15H16ClN3O2/c1-9-15(18-4-3-17-9)10(2)19-12-8-14-13(7-11(12)16)20-5-6-21-14/h3-4,7-8,10,19H,5-6H2,1-2H3. The van der Waals surface area contributed by atoms with Crippen LogP contribution in [0.2, 0.25) is 5.02 Å². The number of hydrogen-bond donors (Lipinski definition) is 1. The molecule has 1 aliphatic rings. The number of fused-ring (bicyclic) bond motifs is 1. The Morgan fingerprint density at radius 3 is 2.52 bits per heavy atom. The molecule has 3 rings (SSSR count). The topological polar surface area (TPSA) is 56.3 Å². The zero-order chi connectivity index (χ0) is 14.8. The molecule has 0 fully saturated rings. The number of nitrogens with one attached hydrogen (secondary N) is 1. The molecule has 0 saturated carbocycles. The van der Waals surface area contributed by atoms with Crippen LogP contribution in [0.4, 0.5) is 5.69 Å². The molecule has 110 valence electrons. The van der Waals surface area contributed by atoms with Gasteiger partial charge in [-0.1, -0.05) is 11.6 Å². The number of rotatable bonds is 3. The van der Waals surface area contributed by atoms with Gasteiger partial charge in [0.2, 0.25) is 0 Å². The zero-order valence-electron chi connectivity index (χ0n) is 11.9. The third-order valence-corrected chi connectivity index (χ3v) is 3.65. The molecule has 1 N–H and O–H groups in total. The van der Waals surface area contributed by atoms with Crippen LogP contribution >= 0.6 is 11.6 Å². The van der Waals surface area contributed by atoms with Gasteiger partial charge in [0.05, 0.1) is 28.1 Å². The Hall–Kier alpha value is -2.01. The van der Waals surface area contributed by atoms with Gasteiger partial charge in [-0.3, -0.25) is 9.97 Å². The van der Waals surface area contributed by atoms with Crippen molar-refractivity contribution in [2.45, 2.75) is 19.9 Å². The normalized spacial score (nSPS) is 14.6. The van der Waals surface area contributed by atoms with Gasteiger partial charge >= 0.3 is 0 Å². The molecule has 2 heterocycles. The first-order valence-electron chi connectivity index (χ1n) is 6.78. The predicted octanol–water partition coefficient (Wildman–Crippen LogP) is 3.38. The van der Waals surface area contributed by atoms with E-state index >= 15 is 0 Å². The van der Waals surface area contributed by atoms with E-state index in [0.29, 0.717) is 29.7 Å². The fourth-order valence-corrected chi connectivity index (χ4v) is 2.53. The highest BCUT2D eigenvalue weighted by Gasteiger charge is 2.17. The van der Waals surface area contributed by atoms with Crippen molar-refractivity contribution in [2.24, 2.45) is 0 Å². The predicted molar refractivity (Wildman–Crippen MR) is 81.2 cm³/mol. The van der Waals surface area contributed by atoms with Gasteiger partial charge in [-0.15, -0.1) is 0 Å². The molecule has 1 aliphatic heterocycles. The van der Waals surface area contributed by atoms with E-state index in [0.717, 1.165) is 17.1 Å². The van der Waals surface area contributed by atoms with Crippen molar-refractivity contribution in [1.29, 1.82) is 0 Å². The Morgan fingerprint density at radius 2 is 1.81 bits per heavy atom. The molecule has 1 atom stereocenters. The number of anilines is 1. The minimum absolute atomic E-state index is 0.0150. The molecule has 1 aromatic carbocycles. The first kappa shape index (κ1) is 13.9. The number of nitrogens with zero attached hydrogens (tertiary/aromatic N) is 2. The molecule has 0 aliphatic carbocycles. The third kappa shape index (κ3) is 2.88. The summed E-state index contributed by atoms with van der Waals surface area (Å²) < 4.78 is 11.1. The van der Waals surface area contributed by atoms with E-state index in [1.165, 1.54) is 0 Å². The van der Waals surface area contributed by atoms with Crippen molar-refractivity contribution < 1.29 is 9.47 Å². The average Bonchev–Trinajstić information content (AvgIpc) is 2.48. The lowest BCUT2D eigenvalue weighted by molar-refractivity contribution is 0.171. The van der Waals surface area contributed by atoms with E-state index in [4.69, 9.17) is 21.1 Å². The fraction of sp³-hybridized carbons (Fsp3) is 0.333. The molecule has 6 heteroatoms. The van der Waals surface area contributed by atoms with Crippen LogP contribution in [0.25, 0.3) is 0 Å². The Bertz CT molecular complexity index is 663. The minimum Gasteiger partial charge on any atom is -0.486 e. The van der Waals surface area contributed by atoms with Crippen molar-refractivity contribution in [3.8, 4) is 11.5 Å². The van der Waals surface area contributed by atoms with Crippen LogP contribution in [-0.4, -0.2) is 23.2 Å². The number of halogens is 1. The summed E-state index contributed by atoms with van der Waals surface area (Å²) in [4.78, 5) is 8.62. The summed E-state index contributed by atoms with van der Waals surface area (Å²) in [7, 11) is 0. The monoisotopic (exact) mass is 305 g/mol. The molecule has 21 heavy (non-hydrogen) atoms. The van der Waals surface area contributed by atoms with E-state index in [-0.39, 0.29) is 6.04 Å². The molecule has 5 nitrogen and oxygen atoms in total. The summed E-state index contributed by atoms with van der Waals surface area (Å²) >= 11 is 6.30. The molecule has 1 aromatic heterocycles. The second-order valence-corrected chi connectivity index (χ2v) is 5.28. The smallest absolute Gasteiger partial charge is 0.163 e. The van der Waals surface area contributed by atoms with E-state index < -0.39 is 0 Å². The van der Waals surface area contributed by atoms with Gasteiger partial charge in [-0.2, -0.15) is 0 Å². The van der Waals surface area contributed by atoms with Crippen molar-refractivity contribution >= 4 is 17.3 Å². The largest absolute Gasteiger partial charge is 0.486 e. The fourth-order valence-electron chi connectivity index (χ4n) is 2.32. The van der Waals surface area contributed by atoms with E-state index in [9.17, 15) is 0 Å². The van der Waals surface area contributed by atoms with E-state index in [1.54, 1.807) is 18.5 Å². The highest BCUT2D eigenvalue weighted by molar-refractivity contribution is 6.33. The minimum atomic E-state index is -0.0150. The van der Waals surface area contributed by atoms with Gasteiger partial charge < -0.3 is 14.8 Å². The van der Waals surface area contributed by atoms with Crippen molar-refractivity contribution in [2.75, 3.05) is 18.5 Å². The van der Waals surface area contributed by atoms with Crippen LogP contribution in [0.3, 0.4) is 0 Å². The van der Waals surface area contributed by atoms with Crippen LogP contribution in [0, 0.1) is 6.92 Å². The van der Waals surface area contributed by atoms with Crippen molar-refractivity contribution in [3.63, 3.8) is 0 Å². The number of hydrogen-bond acceptors (Lipinski definition) is 5. The summed E-state index contributed by atoms with van der Waals surface area (Å²) in [5.74, 6) is 1.39. The second kappa shape index (κ2) is 5.77. The van der Waals surface area contributed by atoms with Gasteiger partial charge in [0, 0.05) is 24.5 Å². The molecule has 0 amide bonds. The molecule has 0 bridgehead atoms. The van der Waals surface area contributed by atoms with Crippen LogP contribution in [-0.2, 0) is 0 Å². The Kier molecular flexibility index (Phi) is 3.84. The van der Waals surface area contributed by atoms with E-state index in [1.807, 2.05) is 19.9 Å². The molecule has 0 spiro atoms. The second-order valence-electron chi connectivity index (χ2n) is 4.87. The molecular formula is C15H16ClN3O2. The van der Waals surface area contributed by atoms with Crippen molar-refractivity contribution in [1.82, 2.24) is 9.97 Å². The summed E-state index contributed by atoms with van der Waals surface area (Å²) in [6, 6.07) is 3.62. The van der Waals surface area contributed by atoms with E-state index in [2.05, 4.69) is 15.3 Å². The number of aryl methyl sites for hydroxylation is 1. The lowest BCUT2D eigenvalue weighted by Crippen LogP contribution is -2.16. The summed E-state index contributed by atoms with van der Waals surface area (Å²) in [6.07, 6.45) is 3.37. The molecule has 0 radical (unpaired) electrons. The maximum atomic E-state index is 6.30. The van der Waals surface area contributed by atoms with Gasteiger partial charge in [0.15, 0.2) is 11.5 Å². The Balaban J connectivity index is 1.86. The maximum Gasteiger partial charge on any atom is 0.163 e. The molecular weight excluding hydrogens is 290 g/mol. The van der Waals surface area contributed by atoms with Crippen molar-refractivity contribution in [3.05, 3.63) is 40.9 Å². The Morgan fingerprint density at radius 1 is 1.14 bits per heavy atom. The lowest BCUT2D eigenvalue weighted by Gasteiger charge is -2.22. The summed E-state index contributed by atoms with van der Waals surface area (Å²) in [6.45, 7) is 5.05. The highest BCUT2D eigenvalue weighted by atomic mass is 35.5. The van der Waals surface area contributed by atoms with Crippen LogP contribution in [0.15, 0.2) is 24.5 Å². The van der Waals surface area contributed by atoms with Gasteiger partial charge in [0.1, 0.15) is 13.2 Å². The van der Waals surface area contributed by atoms with Gasteiger partial charge in [-0.05, 0) is 13.8 Å². The third-order valence-electron chi connectivity index (χ3n) is 3.33. The first-order valence-corrected chi connectivity index (χ1v) is 7.16. The zero-order valence-corrected chi connectivity index (χ0v) is 12.6. The Labute approximate surface area is 128 Å². The van der Waals surface area contributed by atoms with Crippen LogP contribution in [0.1, 0.15) is 24.4 Å². The number of benzene rings is 1. The van der Waals surface area contributed by atoms with Crippen LogP contribution in [0.5, 0.6) is 11.5 Å².